The predicted octanol–water partition coefficient (Wildman–Crippen LogP) is 3.16. The van der Waals surface area contributed by atoms with Gasteiger partial charge in [0.25, 0.3) is 5.56 Å². The molecule has 1 aromatic carbocycles. The zero-order chi connectivity index (χ0) is 20.4. The minimum Gasteiger partial charge on any atom is -0.467 e. The maximum Gasteiger partial charge on any atom is 0.333 e. The molecular formula is C22H24N4O3. The molecule has 4 rings (SSSR count). The number of unbranched alkanes of at least 4 members (excludes halogenated alkanes) is 1. The lowest BCUT2D eigenvalue weighted by Crippen LogP contribution is -2.41. The quantitative estimate of drug-likeness (QED) is 0.484. The van der Waals surface area contributed by atoms with E-state index >= 15 is 0 Å². The minimum absolute atomic E-state index is 0.228. The summed E-state index contributed by atoms with van der Waals surface area (Å²) in [4.78, 5) is 30.9. The third kappa shape index (κ3) is 3.68. The average molecular weight is 392 g/mol. The summed E-state index contributed by atoms with van der Waals surface area (Å²) in [5.74, 6) is 0.722. The summed E-state index contributed by atoms with van der Waals surface area (Å²) in [6.45, 7) is 5.21. The number of hydrogen-bond acceptors (Lipinski definition) is 4. The van der Waals surface area contributed by atoms with Crippen molar-refractivity contribution in [3.05, 3.63) is 86.7 Å². The molecule has 0 atom stereocenters. The van der Waals surface area contributed by atoms with Gasteiger partial charge in [-0.05, 0) is 31.0 Å². The first kappa shape index (κ1) is 19.0. The van der Waals surface area contributed by atoms with E-state index in [-0.39, 0.29) is 17.8 Å². The van der Waals surface area contributed by atoms with Crippen LogP contribution in [0.15, 0.2) is 63.0 Å². The largest absolute Gasteiger partial charge is 0.467 e. The number of rotatable bonds is 7. The molecular weight excluding hydrogens is 368 g/mol. The van der Waals surface area contributed by atoms with Gasteiger partial charge in [0, 0.05) is 6.54 Å². The Balaban J connectivity index is 1.88. The fourth-order valence-corrected chi connectivity index (χ4v) is 3.46. The van der Waals surface area contributed by atoms with E-state index in [1.54, 1.807) is 27.8 Å². The van der Waals surface area contributed by atoms with Gasteiger partial charge in [0.15, 0.2) is 11.2 Å². The van der Waals surface area contributed by atoms with Crippen molar-refractivity contribution in [1.82, 2.24) is 18.7 Å². The van der Waals surface area contributed by atoms with Gasteiger partial charge in [0.05, 0.1) is 25.7 Å². The summed E-state index contributed by atoms with van der Waals surface area (Å²) in [6, 6.07) is 11.5. The second-order valence-electron chi connectivity index (χ2n) is 7.29. The summed E-state index contributed by atoms with van der Waals surface area (Å²) < 4.78 is 10.1. The average Bonchev–Trinajstić information content (AvgIpc) is 3.37. The lowest BCUT2D eigenvalue weighted by Gasteiger charge is -2.12. The summed E-state index contributed by atoms with van der Waals surface area (Å²) in [6.07, 6.45) is 4.98. The normalized spacial score (nSPS) is 11.4. The fraction of sp³-hybridized carbons (Fsp3) is 0.318. The maximum absolute atomic E-state index is 13.3. The van der Waals surface area contributed by atoms with Crippen LogP contribution in [0.2, 0.25) is 0 Å². The zero-order valence-electron chi connectivity index (χ0n) is 16.7. The van der Waals surface area contributed by atoms with E-state index in [1.165, 1.54) is 4.57 Å². The molecule has 0 fully saturated rings. The van der Waals surface area contributed by atoms with Gasteiger partial charge in [-0.2, -0.15) is 0 Å². The van der Waals surface area contributed by atoms with Crippen LogP contribution in [0.5, 0.6) is 0 Å². The molecule has 3 heterocycles. The number of benzene rings is 1. The molecule has 150 valence electrons. The van der Waals surface area contributed by atoms with Crippen LogP contribution < -0.4 is 11.2 Å². The molecule has 0 N–H and O–H groups in total. The van der Waals surface area contributed by atoms with Crippen LogP contribution in [0.25, 0.3) is 11.2 Å². The first-order valence-corrected chi connectivity index (χ1v) is 9.85. The zero-order valence-corrected chi connectivity index (χ0v) is 16.7. The van der Waals surface area contributed by atoms with Gasteiger partial charge in [-0.15, -0.1) is 0 Å². The Hall–Kier alpha value is -3.35. The van der Waals surface area contributed by atoms with E-state index < -0.39 is 0 Å². The van der Waals surface area contributed by atoms with Crippen LogP contribution >= 0.6 is 0 Å². The predicted molar refractivity (Wildman–Crippen MR) is 111 cm³/mol. The molecule has 0 unspecified atom stereocenters. The Kier molecular flexibility index (Phi) is 5.20. The number of imidazole rings is 1. The molecule has 0 spiro atoms. The molecule has 0 bridgehead atoms. The Morgan fingerprint density at radius 3 is 2.52 bits per heavy atom. The van der Waals surface area contributed by atoms with Crippen LogP contribution in [0.4, 0.5) is 0 Å². The van der Waals surface area contributed by atoms with Crippen LogP contribution in [0, 0.1) is 6.92 Å². The smallest absolute Gasteiger partial charge is 0.333 e. The second-order valence-corrected chi connectivity index (χ2v) is 7.29. The van der Waals surface area contributed by atoms with Gasteiger partial charge < -0.3 is 8.98 Å². The molecule has 0 aliphatic rings. The van der Waals surface area contributed by atoms with Crippen molar-refractivity contribution in [2.24, 2.45) is 0 Å². The van der Waals surface area contributed by atoms with Crippen LogP contribution in [-0.2, 0) is 19.6 Å². The molecule has 0 aliphatic heterocycles. The van der Waals surface area contributed by atoms with E-state index in [0.29, 0.717) is 24.3 Å². The fourth-order valence-electron chi connectivity index (χ4n) is 3.46. The number of hydrogen-bond donors (Lipinski definition) is 0. The van der Waals surface area contributed by atoms with Crippen molar-refractivity contribution in [3.8, 4) is 0 Å². The molecule has 0 saturated heterocycles. The monoisotopic (exact) mass is 392 g/mol. The van der Waals surface area contributed by atoms with Crippen molar-refractivity contribution >= 4 is 11.2 Å². The Labute approximate surface area is 167 Å². The summed E-state index contributed by atoms with van der Waals surface area (Å²) in [5, 5.41) is 0. The molecule has 29 heavy (non-hydrogen) atoms. The molecule has 0 saturated carbocycles. The van der Waals surface area contributed by atoms with E-state index in [1.807, 2.05) is 37.3 Å². The van der Waals surface area contributed by atoms with Gasteiger partial charge in [0.2, 0.25) is 0 Å². The van der Waals surface area contributed by atoms with Gasteiger partial charge >= 0.3 is 5.69 Å². The Morgan fingerprint density at radius 1 is 1.03 bits per heavy atom. The van der Waals surface area contributed by atoms with Gasteiger partial charge in [-0.3, -0.25) is 13.9 Å². The third-order valence-electron chi connectivity index (χ3n) is 5.09. The highest BCUT2D eigenvalue weighted by Gasteiger charge is 2.18. The van der Waals surface area contributed by atoms with E-state index in [0.717, 1.165) is 29.7 Å². The second kappa shape index (κ2) is 7.95. The van der Waals surface area contributed by atoms with Crippen molar-refractivity contribution < 1.29 is 4.42 Å². The highest BCUT2D eigenvalue weighted by Crippen LogP contribution is 2.12. The number of aromatic nitrogens is 4. The summed E-state index contributed by atoms with van der Waals surface area (Å²) in [5.41, 5.74) is 2.24. The van der Waals surface area contributed by atoms with E-state index in [4.69, 9.17) is 4.42 Å². The van der Waals surface area contributed by atoms with Crippen LogP contribution in [0.3, 0.4) is 0 Å². The topological polar surface area (TPSA) is 75.0 Å². The van der Waals surface area contributed by atoms with Crippen LogP contribution in [0.1, 0.15) is 36.7 Å². The third-order valence-corrected chi connectivity index (χ3v) is 5.09. The Bertz CT molecular complexity index is 1230. The SMILES string of the molecule is CCCCn1c(=O)n(Cc2ccc(C)cc2)c(=O)c2c1ncn2Cc1ccco1. The first-order chi connectivity index (χ1) is 14.1. The highest BCUT2D eigenvalue weighted by atomic mass is 16.3. The number of aryl methyl sites for hydroxylation is 2. The standard InChI is InChI=1S/C22H24N4O3/c1-3-4-11-25-20-19(24(15-23-20)14-18-6-5-12-29-18)21(27)26(22(25)28)13-17-9-7-16(2)8-10-17/h5-10,12,15H,3-4,11,13-14H2,1-2H3. The molecule has 3 aromatic heterocycles. The number of furan rings is 1. The van der Waals surface area contributed by atoms with Crippen molar-refractivity contribution in [2.75, 3.05) is 0 Å². The van der Waals surface area contributed by atoms with Crippen molar-refractivity contribution in [2.45, 2.75) is 46.3 Å². The molecule has 0 radical (unpaired) electrons. The molecule has 0 amide bonds. The van der Waals surface area contributed by atoms with Gasteiger partial charge in [0.1, 0.15) is 5.76 Å². The highest BCUT2D eigenvalue weighted by molar-refractivity contribution is 5.70. The number of fused-ring (bicyclic) bond motifs is 1. The Morgan fingerprint density at radius 2 is 1.83 bits per heavy atom. The minimum atomic E-state index is -0.331. The molecule has 7 heteroatoms. The lowest BCUT2D eigenvalue weighted by molar-refractivity contribution is 0.495. The lowest BCUT2D eigenvalue weighted by atomic mass is 10.1. The molecule has 0 aliphatic carbocycles. The molecule has 7 nitrogen and oxygen atoms in total. The van der Waals surface area contributed by atoms with Crippen molar-refractivity contribution in [1.29, 1.82) is 0 Å². The first-order valence-electron chi connectivity index (χ1n) is 9.85. The van der Waals surface area contributed by atoms with Crippen molar-refractivity contribution in [3.63, 3.8) is 0 Å². The van der Waals surface area contributed by atoms with E-state index in [2.05, 4.69) is 11.9 Å². The maximum atomic E-state index is 13.3. The number of nitrogens with zero attached hydrogens (tertiary/aromatic N) is 4. The molecule has 4 aromatic rings. The van der Waals surface area contributed by atoms with Gasteiger partial charge in [-0.25, -0.2) is 9.78 Å². The van der Waals surface area contributed by atoms with E-state index in [9.17, 15) is 9.59 Å². The summed E-state index contributed by atoms with van der Waals surface area (Å²) >= 11 is 0. The summed E-state index contributed by atoms with van der Waals surface area (Å²) in [7, 11) is 0. The van der Waals surface area contributed by atoms with Gasteiger partial charge in [-0.1, -0.05) is 43.2 Å². The van der Waals surface area contributed by atoms with Crippen LogP contribution in [-0.4, -0.2) is 18.7 Å².